The Hall–Kier alpha value is -3.22. The first-order chi connectivity index (χ1) is 14.2. The second-order valence-corrected chi connectivity index (χ2v) is 7.86. The Morgan fingerprint density at radius 1 is 1.00 bits per heavy atom. The number of pyridine rings is 1. The van der Waals surface area contributed by atoms with Crippen molar-refractivity contribution in [3.63, 3.8) is 0 Å². The van der Waals surface area contributed by atoms with Gasteiger partial charge in [-0.1, -0.05) is 30.7 Å². The van der Waals surface area contributed by atoms with Crippen LogP contribution in [-0.4, -0.2) is 34.8 Å². The molecule has 0 aliphatic heterocycles. The van der Waals surface area contributed by atoms with Crippen molar-refractivity contribution in [1.82, 2.24) is 10.3 Å². The largest absolute Gasteiger partial charge is 0.350 e. The van der Waals surface area contributed by atoms with E-state index in [9.17, 15) is 14.4 Å². The van der Waals surface area contributed by atoms with E-state index in [2.05, 4.69) is 15.6 Å². The average Bonchev–Trinajstić information content (AvgIpc) is 2.71. The monoisotopic (exact) mass is 410 g/mol. The zero-order valence-corrected chi connectivity index (χ0v) is 18.1. The number of carbonyl (C=O) groups excluding carboxylic acids is 3. The van der Waals surface area contributed by atoms with E-state index in [1.165, 1.54) is 4.90 Å². The molecule has 2 aromatic rings. The Kier molecular flexibility index (Phi) is 8.09. The lowest BCUT2D eigenvalue weighted by Crippen LogP contribution is -2.48. The van der Waals surface area contributed by atoms with E-state index in [0.717, 1.165) is 12.0 Å². The molecule has 0 saturated carbocycles. The maximum Gasteiger partial charge on any atom is 0.240 e. The highest BCUT2D eigenvalue weighted by molar-refractivity contribution is 6.01. The molecule has 0 saturated heterocycles. The number of aryl methyl sites for hydroxylation is 1. The Morgan fingerprint density at radius 3 is 2.30 bits per heavy atom. The Morgan fingerprint density at radius 2 is 1.70 bits per heavy atom. The molecule has 30 heavy (non-hydrogen) atoms. The predicted molar refractivity (Wildman–Crippen MR) is 118 cm³/mol. The van der Waals surface area contributed by atoms with Crippen molar-refractivity contribution in [2.45, 2.75) is 52.5 Å². The van der Waals surface area contributed by atoms with Gasteiger partial charge in [0.25, 0.3) is 0 Å². The van der Waals surface area contributed by atoms with Gasteiger partial charge in [-0.05, 0) is 51.5 Å². The summed E-state index contributed by atoms with van der Waals surface area (Å²) in [5.41, 5.74) is 1.32. The summed E-state index contributed by atoms with van der Waals surface area (Å²) >= 11 is 0. The minimum atomic E-state index is -0.359. The molecule has 160 valence electrons. The minimum Gasteiger partial charge on any atom is -0.350 e. The fourth-order valence-corrected chi connectivity index (χ4v) is 2.69. The molecular formula is C23H30N4O3. The van der Waals surface area contributed by atoms with Crippen molar-refractivity contribution >= 4 is 29.2 Å². The summed E-state index contributed by atoms with van der Waals surface area (Å²) in [6.45, 7) is 7.71. The number of hydrogen-bond donors (Lipinski definition) is 2. The van der Waals surface area contributed by atoms with Gasteiger partial charge in [-0.3, -0.25) is 14.4 Å². The number of anilines is 2. The maximum atomic E-state index is 12.9. The summed E-state index contributed by atoms with van der Waals surface area (Å²) in [6.07, 6.45) is 2.33. The standard InChI is InChI=1S/C23H30N4O3/c1-5-23(3,4)26-21(29)16-27(18-11-9-17(2)10-12-18)22(30)14-13-20(28)25-19-8-6-7-15-24-19/h6-12,15H,5,13-14,16H2,1-4H3,(H,26,29)(H,24,25,28). The molecule has 1 heterocycles. The van der Waals surface area contributed by atoms with E-state index < -0.39 is 0 Å². The SMILES string of the molecule is CCC(C)(C)NC(=O)CN(C(=O)CCC(=O)Nc1ccccn1)c1ccc(C)cc1. The Balaban J connectivity index is 2.05. The van der Waals surface area contributed by atoms with Crippen molar-refractivity contribution < 1.29 is 14.4 Å². The summed E-state index contributed by atoms with van der Waals surface area (Å²) < 4.78 is 0. The molecule has 0 bridgehead atoms. The molecule has 3 amide bonds. The molecule has 0 spiro atoms. The average molecular weight is 411 g/mol. The van der Waals surface area contributed by atoms with Crippen LogP contribution in [0.3, 0.4) is 0 Å². The lowest BCUT2D eigenvalue weighted by molar-refractivity contribution is -0.125. The molecule has 7 heteroatoms. The molecule has 0 fully saturated rings. The van der Waals surface area contributed by atoms with Crippen molar-refractivity contribution in [2.24, 2.45) is 0 Å². The first-order valence-electron chi connectivity index (χ1n) is 10.1. The van der Waals surface area contributed by atoms with Gasteiger partial charge in [-0.2, -0.15) is 0 Å². The van der Waals surface area contributed by atoms with Crippen LogP contribution in [-0.2, 0) is 14.4 Å². The molecule has 0 aliphatic carbocycles. The van der Waals surface area contributed by atoms with E-state index in [0.29, 0.717) is 11.5 Å². The van der Waals surface area contributed by atoms with Crippen molar-refractivity contribution in [2.75, 3.05) is 16.8 Å². The molecule has 0 aliphatic rings. The minimum absolute atomic E-state index is 0.000158. The van der Waals surface area contributed by atoms with Crippen LogP contribution >= 0.6 is 0 Å². The summed E-state index contributed by atoms with van der Waals surface area (Å²) in [5.74, 6) is -0.401. The van der Waals surface area contributed by atoms with Gasteiger partial charge in [0.05, 0.1) is 0 Å². The lowest BCUT2D eigenvalue weighted by atomic mass is 10.0. The van der Waals surface area contributed by atoms with Crippen LogP contribution in [0.2, 0.25) is 0 Å². The topological polar surface area (TPSA) is 91.4 Å². The van der Waals surface area contributed by atoms with Gasteiger partial charge < -0.3 is 15.5 Å². The van der Waals surface area contributed by atoms with Crippen molar-refractivity contribution in [3.8, 4) is 0 Å². The highest BCUT2D eigenvalue weighted by Gasteiger charge is 2.23. The Labute approximate surface area is 177 Å². The molecule has 0 radical (unpaired) electrons. The van der Waals surface area contributed by atoms with E-state index in [4.69, 9.17) is 0 Å². The van der Waals surface area contributed by atoms with Crippen LogP contribution in [0.25, 0.3) is 0 Å². The number of carbonyl (C=O) groups is 3. The second kappa shape index (κ2) is 10.5. The van der Waals surface area contributed by atoms with Gasteiger partial charge in [0, 0.05) is 30.3 Å². The van der Waals surface area contributed by atoms with Gasteiger partial charge in [0.1, 0.15) is 12.4 Å². The molecular weight excluding hydrogens is 380 g/mol. The summed E-state index contributed by atoms with van der Waals surface area (Å²) in [6, 6.07) is 12.6. The summed E-state index contributed by atoms with van der Waals surface area (Å²) in [5, 5.41) is 5.61. The molecule has 7 nitrogen and oxygen atoms in total. The third-order valence-electron chi connectivity index (χ3n) is 4.81. The first-order valence-corrected chi connectivity index (χ1v) is 10.1. The van der Waals surface area contributed by atoms with Crippen LogP contribution in [0.15, 0.2) is 48.7 Å². The third kappa shape index (κ3) is 7.31. The molecule has 1 aromatic heterocycles. The Bertz CT molecular complexity index is 864. The van der Waals surface area contributed by atoms with Crippen LogP contribution in [0.1, 0.15) is 45.6 Å². The molecule has 2 rings (SSSR count). The van der Waals surface area contributed by atoms with Crippen LogP contribution in [0, 0.1) is 6.92 Å². The van der Waals surface area contributed by atoms with Gasteiger partial charge >= 0.3 is 0 Å². The fraction of sp³-hybridized carbons (Fsp3) is 0.391. The van der Waals surface area contributed by atoms with Gasteiger partial charge in [0.2, 0.25) is 17.7 Å². The van der Waals surface area contributed by atoms with Gasteiger partial charge in [-0.25, -0.2) is 4.98 Å². The summed E-state index contributed by atoms with van der Waals surface area (Å²) in [4.78, 5) is 43.1. The number of aromatic nitrogens is 1. The van der Waals surface area contributed by atoms with Gasteiger partial charge in [-0.15, -0.1) is 0 Å². The molecule has 0 atom stereocenters. The quantitative estimate of drug-likeness (QED) is 0.662. The third-order valence-corrected chi connectivity index (χ3v) is 4.81. The second-order valence-electron chi connectivity index (χ2n) is 7.86. The van der Waals surface area contributed by atoms with Crippen molar-refractivity contribution in [3.05, 3.63) is 54.2 Å². The number of hydrogen-bond acceptors (Lipinski definition) is 4. The van der Waals surface area contributed by atoms with Crippen LogP contribution < -0.4 is 15.5 Å². The maximum absolute atomic E-state index is 12.9. The molecule has 0 unspecified atom stereocenters. The number of nitrogens with zero attached hydrogens (tertiary/aromatic N) is 2. The highest BCUT2D eigenvalue weighted by Crippen LogP contribution is 2.17. The van der Waals surface area contributed by atoms with E-state index in [1.54, 1.807) is 36.5 Å². The van der Waals surface area contributed by atoms with Crippen LogP contribution in [0.4, 0.5) is 11.5 Å². The summed E-state index contributed by atoms with van der Waals surface area (Å²) in [7, 11) is 0. The lowest BCUT2D eigenvalue weighted by Gasteiger charge is -2.28. The van der Waals surface area contributed by atoms with Crippen LogP contribution in [0.5, 0.6) is 0 Å². The highest BCUT2D eigenvalue weighted by atomic mass is 16.2. The number of rotatable bonds is 9. The van der Waals surface area contributed by atoms with E-state index >= 15 is 0 Å². The fourth-order valence-electron chi connectivity index (χ4n) is 2.69. The van der Waals surface area contributed by atoms with E-state index in [1.807, 2.05) is 39.8 Å². The number of amides is 3. The van der Waals surface area contributed by atoms with E-state index in [-0.39, 0.29) is 42.6 Å². The zero-order valence-electron chi connectivity index (χ0n) is 18.1. The van der Waals surface area contributed by atoms with Crippen molar-refractivity contribution in [1.29, 1.82) is 0 Å². The molecule has 1 aromatic carbocycles. The normalized spacial score (nSPS) is 10.9. The zero-order chi connectivity index (χ0) is 22.1. The predicted octanol–water partition coefficient (Wildman–Crippen LogP) is 3.45. The first kappa shape index (κ1) is 23.1. The smallest absolute Gasteiger partial charge is 0.240 e. The van der Waals surface area contributed by atoms with Gasteiger partial charge in [0.15, 0.2) is 0 Å². The number of nitrogens with one attached hydrogen (secondary N) is 2. The molecule has 2 N–H and O–H groups in total. The number of benzene rings is 1.